The lowest BCUT2D eigenvalue weighted by Gasteiger charge is -2.11. The van der Waals surface area contributed by atoms with Gasteiger partial charge in [-0.3, -0.25) is 0 Å². The van der Waals surface area contributed by atoms with E-state index in [1.807, 2.05) is 31.5 Å². The van der Waals surface area contributed by atoms with E-state index in [4.69, 9.17) is 0 Å². The van der Waals surface area contributed by atoms with Crippen LogP contribution in [0.25, 0.3) is 0 Å². The maximum Gasteiger partial charge on any atom is 0.146 e. The number of hydrogen-bond acceptors (Lipinski definition) is 3. The summed E-state index contributed by atoms with van der Waals surface area (Å²) in [6, 6.07) is 5.36. The standard InChI is InChI=1S/C13H17FN4/c1-9(2)18-13(16-8-17-18)7-15-12-5-4-10(3)6-11(12)14/h4-6,8-9,15H,7H2,1-3H3. The Labute approximate surface area is 106 Å². The molecule has 0 bridgehead atoms. The summed E-state index contributed by atoms with van der Waals surface area (Å²) in [5, 5.41) is 7.18. The molecule has 4 nitrogen and oxygen atoms in total. The van der Waals surface area contributed by atoms with E-state index >= 15 is 0 Å². The molecule has 2 aromatic rings. The number of nitrogens with zero attached hydrogens (tertiary/aromatic N) is 3. The number of rotatable bonds is 4. The van der Waals surface area contributed by atoms with Gasteiger partial charge in [-0.2, -0.15) is 5.10 Å². The lowest BCUT2D eigenvalue weighted by Crippen LogP contribution is -2.12. The van der Waals surface area contributed by atoms with Crippen LogP contribution in [0.4, 0.5) is 10.1 Å². The Morgan fingerprint density at radius 2 is 2.17 bits per heavy atom. The van der Waals surface area contributed by atoms with Crippen LogP contribution >= 0.6 is 0 Å². The summed E-state index contributed by atoms with van der Waals surface area (Å²) in [7, 11) is 0. The molecule has 0 aliphatic heterocycles. The zero-order valence-corrected chi connectivity index (χ0v) is 10.8. The minimum Gasteiger partial charge on any atom is -0.375 e. The van der Waals surface area contributed by atoms with Gasteiger partial charge in [0.2, 0.25) is 0 Å². The normalized spacial score (nSPS) is 10.9. The summed E-state index contributed by atoms with van der Waals surface area (Å²) in [6.45, 7) is 6.38. The van der Waals surface area contributed by atoms with Crippen LogP contribution in [-0.4, -0.2) is 14.8 Å². The van der Waals surface area contributed by atoms with Crippen LogP contribution < -0.4 is 5.32 Å². The van der Waals surface area contributed by atoms with E-state index in [1.54, 1.807) is 6.07 Å². The van der Waals surface area contributed by atoms with E-state index in [-0.39, 0.29) is 11.9 Å². The second kappa shape index (κ2) is 5.16. The molecule has 0 aliphatic carbocycles. The molecule has 0 saturated carbocycles. The topological polar surface area (TPSA) is 42.7 Å². The highest BCUT2D eigenvalue weighted by Crippen LogP contribution is 2.16. The van der Waals surface area contributed by atoms with Gasteiger partial charge in [-0.05, 0) is 38.5 Å². The summed E-state index contributed by atoms with van der Waals surface area (Å²) in [6.07, 6.45) is 1.52. The molecule has 0 amide bonds. The predicted molar refractivity (Wildman–Crippen MR) is 68.9 cm³/mol. The van der Waals surface area contributed by atoms with Crippen molar-refractivity contribution in [3.05, 3.63) is 41.7 Å². The molecule has 1 heterocycles. The van der Waals surface area contributed by atoms with E-state index in [2.05, 4.69) is 15.4 Å². The van der Waals surface area contributed by atoms with Crippen LogP contribution in [0.2, 0.25) is 0 Å². The van der Waals surface area contributed by atoms with Gasteiger partial charge in [0.1, 0.15) is 18.0 Å². The Hall–Kier alpha value is -1.91. The average molecular weight is 248 g/mol. The molecule has 18 heavy (non-hydrogen) atoms. The second-order valence-electron chi connectivity index (χ2n) is 4.55. The first-order valence-electron chi connectivity index (χ1n) is 5.96. The first-order valence-corrected chi connectivity index (χ1v) is 5.96. The summed E-state index contributed by atoms with van der Waals surface area (Å²) < 4.78 is 15.5. The molecule has 1 N–H and O–H groups in total. The number of aromatic nitrogens is 3. The molecule has 2 rings (SSSR count). The van der Waals surface area contributed by atoms with Crippen LogP contribution in [0.5, 0.6) is 0 Å². The number of hydrogen-bond donors (Lipinski definition) is 1. The summed E-state index contributed by atoms with van der Waals surface area (Å²) in [5.74, 6) is 0.551. The predicted octanol–water partition coefficient (Wildman–Crippen LogP) is 2.92. The first kappa shape index (κ1) is 12.5. The molecule has 5 heteroatoms. The first-order chi connectivity index (χ1) is 8.58. The molecule has 1 aromatic carbocycles. The van der Waals surface area contributed by atoms with Gasteiger partial charge in [-0.1, -0.05) is 6.07 Å². The van der Waals surface area contributed by atoms with Crippen molar-refractivity contribution in [1.82, 2.24) is 14.8 Å². The number of halogens is 1. The van der Waals surface area contributed by atoms with Crippen molar-refractivity contribution in [3.63, 3.8) is 0 Å². The fourth-order valence-electron chi connectivity index (χ4n) is 1.77. The van der Waals surface area contributed by atoms with Crippen LogP contribution in [0.3, 0.4) is 0 Å². The maximum atomic E-state index is 13.6. The van der Waals surface area contributed by atoms with E-state index in [0.29, 0.717) is 12.2 Å². The zero-order valence-electron chi connectivity index (χ0n) is 10.8. The van der Waals surface area contributed by atoms with Crippen LogP contribution in [0.1, 0.15) is 31.3 Å². The third kappa shape index (κ3) is 2.67. The van der Waals surface area contributed by atoms with Gasteiger partial charge >= 0.3 is 0 Å². The summed E-state index contributed by atoms with van der Waals surface area (Å²) in [5.41, 5.74) is 1.39. The molecule has 0 fully saturated rings. The number of anilines is 1. The number of aryl methyl sites for hydroxylation is 1. The van der Waals surface area contributed by atoms with Crippen LogP contribution in [0.15, 0.2) is 24.5 Å². The van der Waals surface area contributed by atoms with Gasteiger partial charge in [0.05, 0.1) is 12.2 Å². The number of benzene rings is 1. The fourth-order valence-corrected chi connectivity index (χ4v) is 1.77. The molecule has 0 aliphatic rings. The monoisotopic (exact) mass is 248 g/mol. The van der Waals surface area contributed by atoms with Gasteiger partial charge in [0.25, 0.3) is 0 Å². The van der Waals surface area contributed by atoms with Gasteiger partial charge in [0, 0.05) is 6.04 Å². The van der Waals surface area contributed by atoms with Crippen molar-refractivity contribution in [2.24, 2.45) is 0 Å². The highest BCUT2D eigenvalue weighted by atomic mass is 19.1. The Kier molecular flexibility index (Phi) is 3.60. The fraction of sp³-hybridized carbons (Fsp3) is 0.385. The number of nitrogens with one attached hydrogen (secondary N) is 1. The van der Waals surface area contributed by atoms with Gasteiger partial charge < -0.3 is 5.32 Å². The summed E-state index contributed by atoms with van der Waals surface area (Å²) >= 11 is 0. The molecule has 0 saturated heterocycles. The third-order valence-electron chi connectivity index (χ3n) is 2.70. The van der Waals surface area contributed by atoms with Crippen LogP contribution in [-0.2, 0) is 6.54 Å². The molecular weight excluding hydrogens is 231 g/mol. The van der Waals surface area contributed by atoms with Crippen molar-refractivity contribution in [3.8, 4) is 0 Å². The molecule has 1 aromatic heterocycles. The van der Waals surface area contributed by atoms with E-state index in [9.17, 15) is 4.39 Å². The van der Waals surface area contributed by atoms with Gasteiger partial charge in [-0.15, -0.1) is 0 Å². The molecule has 0 unspecified atom stereocenters. The smallest absolute Gasteiger partial charge is 0.146 e. The highest BCUT2D eigenvalue weighted by Gasteiger charge is 2.08. The highest BCUT2D eigenvalue weighted by molar-refractivity contribution is 5.46. The lowest BCUT2D eigenvalue weighted by molar-refractivity contribution is 0.508. The Balaban J connectivity index is 2.09. The molecular formula is C13H17FN4. The molecule has 96 valence electrons. The van der Waals surface area contributed by atoms with Crippen molar-refractivity contribution < 1.29 is 4.39 Å². The average Bonchev–Trinajstić information content (AvgIpc) is 2.76. The van der Waals surface area contributed by atoms with Crippen LogP contribution in [0, 0.1) is 12.7 Å². The lowest BCUT2D eigenvalue weighted by atomic mass is 10.2. The molecule has 0 spiro atoms. The largest absolute Gasteiger partial charge is 0.375 e. The molecule has 0 radical (unpaired) electrons. The minimum absolute atomic E-state index is 0.243. The van der Waals surface area contributed by atoms with E-state index in [1.165, 1.54) is 12.4 Å². The van der Waals surface area contributed by atoms with E-state index in [0.717, 1.165) is 11.4 Å². The Morgan fingerprint density at radius 3 is 2.83 bits per heavy atom. The van der Waals surface area contributed by atoms with Crippen molar-refractivity contribution in [2.75, 3.05) is 5.32 Å². The third-order valence-corrected chi connectivity index (χ3v) is 2.70. The SMILES string of the molecule is Cc1ccc(NCc2ncnn2C(C)C)c(F)c1. The zero-order chi connectivity index (χ0) is 13.1. The summed E-state index contributed by atoms with van der Waals surface area (Å²) in [4.78, 5) is 4.17. The minimum atomic E-state index is -0.245. The second-order valence-corrected chi connectivity index (χ2v) is 4.55. The molecule has 0 atom stereocenters. The van der Waals surface area contributed by atoms with Crippen molar-refractivity contribution in [1.29, 1.82) is 0 Å². The Morgan fingerprint density at radius 1 is 1.39 bits per heavy atom. The maximum absolute atomic E-state index is 13.6. The van der Waals surface area contributed by atoms with Gasteiger partial charge in [-0.25, -0.2) is 14.1 Å². The van der Waals surface area contributed by atoms with Crippen molar-refractivity contribution in [2.45, 2.75) is 33.4 Å². The quantitative estimate of drug-likeness (QED) is 0.904. The van der Waals surface area contributed by atoms with Gasteiger partial charge in [0.15, 0.2) is 0 Å². The van der Waals surface area contributed by atoms with Crippen molar-refractivity contribution >= 4 is 5.69 Å². The Bertz CT molecular complexity index is 534. The van der Waals surface area contributed by atoms with E-state index < -0.39 is 0 Å².